The highest BCUT2D eigenvalue weighted by atomic mass is 35.5. The van der Waals surface area contributed by atoms with E-state index in [9.17, 15) is 9.90 Å². The molecule has 0 bridgehead atoms. The summed E-state index contributed by atoms with van der Waals surface area (Å²) in [5.41, 5.74) is 3.48. The SMILES string of the molecule is O=C(c1ncc(N=C(c2ccccc2)c2ccccc2)cc1Cl)N1CC(O)C1. The number of aromatic nitrogens is 1. The average molecular weight is 392 g/mol. The van der Waals surface area contributed by atoms with Gasteiger partial charge in [0.25, 0.3) is 5.91 Å². The quantitative estimate of drug-likeness (QED) is 0.689. The molecule has 2 heterocycles. The van der Waals surface area contributed by atoms with E-state index in [1.807, 2.05) is 60.7 Å². The van der Waals surface area contributed by atoms with Crippen LogP contribution in [0.25, 0.3) is 0 Å². The molecule has 0 atom stereocenters. The number of β-amino-alcohol motifs (C(OH)–C–C–N with tert-alkyl or cyclic N) is 1. The number of carbonyl (C=O) groups excluding carboxylic acids is 1. The number of pyridine rings is 1. The van der Waals surface area contributed by atoms with E-state index in [1.165, 1.54) is 4.90 Å². The van der Waals surface area contributed by atoms with Crippen LogP contribution in [-0.2, 0) is 0 Å². The second-order valence-electron chi connectivity index (χ2n) is 6.58. The first-order chi connectivity index (χ1) is 13.6. The van der Waals surface area contributed by atoms with Crippen LogP contribution in [0.3, 0.4) is 0 Å². The van der Waals surface area contributed by atoms with Crippen LogP contribution in [0.4, 0.5) is 5.69 Å². The molecule has 0 radical (unpaired) electrons. The molecule has 28 heavy (non-hydrogen) atoms. The van der Waals surface area contributed by atoms with E-state index in [2.05, 4.69) is 4.98 Å². The fourth-order valence-corrected chi connectivity index (χ4v) is 3.28. The maximum absolute atomic E-state index is 12.4. The van der Waals surface area contributed by atoms with Gasteiger partial charge in [-0.2, -0.15) is 0 Å². The van der Waals surface area contributed by atoms with Crippen molar-refractivity contribution in [1.29, 1.82) is 0 Å². The summed E-state index contributed by atoms with van der Waals surface area (Å²) in [6.45, 7) is 0.617. The van der Waals surface area contributed by atoms with Crippen molar-refractivity contribution >= 4 is 28.9 Å². The first-order valence-corrected chi connectivity index (χ1v) is 9.32. The number of hydrogen-bond donors (Lipinski definition) is 1. The maximum atomic E-state index is 12.4. The normalized spacial score (nSPS) is 13.7. The summed E-state index contributed by atoms with van der Waals surface area (Å²) in [6, 6.07) is 21.4. The molecular weight excluding hydrogens is 374 g/mol. The molecule has 1 aromatic heterocycles. The van der Waals surface area contributed by atoms with Gasteiger partial charge in [0.15, 0.2) is 0 Å². The molecule has 1 saturated heterocycles. The molecule has 140 valence electrons. The van der Waals surface area contributed by atoms with E-state index in [0.29, 0.717) is 18.8 Å². The number of halogens is 1. The molecule has 1 amide bonds. The minimum Gasteiger partial charge on any atom is -0.389 e. The number of likely N-dealkylation sites (tertiary alicyclic amines) is 1. The van der Waals surface area contributed by atoms with Crippen molar-refractivity contribution in [2.45, 2.75) is 6.10 Å². The lowest BCUT2D eigenvalue weighted by Gasteiger charge is -2.35. The number of nitrogens with zero attached hydrogens (tertiary/aromatic N) is 3. The van der Waals surface area contributed by atoms with E-state index in [-0.39, 0.29) is 16.6 Å². The van der Waals surface area contributed by atoms with E-state index in [0.717, 1.165) is 16.8 Å². The van der Waals surface area contributed by atoms with Gasteiger partial charge >= 0.3 is 0 Å². The number of aliphatic imine (C=N–C) groups is 1. The molecule has 1 aliphatic heterocycles. The Hall–Kier alpha value is -3.02. The van der Waals surface area contributed by atoms with E-state index in [1.54, 1.807) is 12.3 Å². The Morgan fingerprint density at radius 1 is 1.04 bits per heavy atom. The van der Waals surface area contributed by atoms with Crippen molar-refractivity contribution < 1.29 is 9.90 Å². The van der Waals surface area contributed by atoms with Crippen LogP contribution in [0.15, 0.2) is 77.9 Å². The van der Waals surface area contributed by atoms with Crippen LogP contribution in [0, 0.1) is 0 Å². The first-order valence-electron chi connectivity index (χ1n) is 8.94. The highest BCUT2D eigenvalue weighted by molar-refractivity contribution is 6.33. The maximum Gasteiger partial charge on any atom is 0.274 e. The predicted molar refractivity (Wildman–Crippen MR) is 109 cm³/mol. The topological polar surface area (TPSA) is 65.8 Å². The van der Waals surface area contributed by atoms with Crippen LogP contribution < -0.4 is 0 Å². The third kappa shape index (κ3) is 3.81. The molecule has 1 N–H and O–H groups in total. The Labute approximate surface area is 167 Å². The zero-order valence-electron chi connectivity index (χ0n) is 15.0. The monoisotopic (exact) mass is 391 g/mol. The summed E-state index contributed by atoms with van der Waals surface area (Å²) in [5, 5.41) is 9.62. The molecule has 0 saturated carbocycles. The van der Waals surface area contributed by atoms with Crippen molar-refractivity contribution in [2.75, 3.05) is 13.1 Å². The Balaban J connectivity index is 1.69. The Morgan fingerprint density at radius 3 is 2.11 bits per heavy atom. The third-order valence-electron chi connectivity index (χ3n) is 4.51. The van der Waals surface area contributed by atoms with Gasteiger partial charge in [-0.1, -0.05) is 72.3 Å². The number of aliphatic hydroxyl groups excluding tert-OH is 1. The number of aliphatic hydroxyl groups is 1. The summed E-state index contributed by atoms with van der Waals surface area (Å²) in [7, 11) is 0. The van der Waals surface area contributed by atoms with E-state index < -0.39 is 6.10 Å². The largest absolute Gasteiger partial charge is 0.389 e. The molecule has 0 spiro atoms. The van der Waals surface area contributed by atoms with Gasteiger partial charge < -0.3 is 10.0 Å². The molecule has 3 aromatic rings. The molecule has 4 rings (SSSR count). The number of rotatable bonds is 4. The molecule has 6 heteroatoms. The smallest absolute Gasteiger partial charge is 0.274 e. The van der Waals surface area contributed by atoms with Gasteiger partial charge in [-0.3, -0.25) is 4.79 Å². The van der Waals surface area contributed by atoms with Gasteiger partial charge in [0.2, 0.25) is 0 Å². The predicted octanol–water partition coefficient (Wildman–Crippen LogP) is 3.72. The Morgan fingerprint density at radius 2 is 1.61 bits per heavy atom. The number of amides is 1. The summed E-state index contributed by atoms with van der Waals surface area (Å²) >= 11 is 6.32. The summed E-state index contributed by atoms with van der Waals surface area (Å²) in [5.74, 6) is -0.280. The van der Waals surface area contributed by atoms with Crippen molar-refractivity contribution in [3.05, 3.63) is 94.8 Å². The molecule has 5 nitrogen and oxygen atoms in total. The van der Waals surface area contributed by atoms with Crippen molar-refractivity contribution in [3.8, 4) is 0 Å². The summed E-state index contributed by atoms with van der Waals surface area (Å²) in [6.07, 6.45) is 1.08. The first kappa shape index (κ1) is 18.3. The Bertz CT molecular complexity index is 975. The van der Waals surface area contributed by atoms with Crippen LogP contribution in [-0.4, -0.2) is 45.8 Å². The highest BCUT2D eigenvalue weighted by Crippen LogP contribution is 2.25. The van der Waals surface area contributed by atoms with E-state index >= 15 is 0 Å². The zero-order valence-corrected chi connectivity index (χ0v) is 15.8. The van der Waals surface area contributed by atoms with Crippen molar-refractivity contribution in [1.82, 2.24) is 9.88 Å². The summed E-state index contributed by atoms with van der Waals surface area (Å²) < 4.78 is 0. The van der Waals surface area contributed by atoms with Gasteiger partial charge in [0.1, 0.15) is 5.69 Å². The molecule has 1 fully saturated rings. The standard InChI is InChI=1S/C22H18ClN3O2/c23-19-11-17(12-24-21(19)22(28)26-13-18(27)14-26)25-20(15-7-3-1-4-8-15)16-9-5-2-6-10-16/h1-12,18,27H,13-14H2. The van der Waals surface area contributed by atoms with E-state index in [4.69, 9.17) is 16.6 Å². The highest BCUT2D eigenvalue weighted by Gasteiger charge is 2.31. The lowest BCUT2D eigenvalue weighted by Crippen LogP contribution is -2.53. The lowest BCUT2D eigenvalue weighted by atomic mass is 10.0. The van der Waals surface area contributed by atoms with Crippen LogP contribution in [0.2, 0.25) is 5.02 Å². The van der Waals surface area contributed by atoms with Crippen LogP contribution in [0.5, 0.6) is 0 Å². The second-order valence-corrected chi connectivity index (χ2v) is 6.99. The molecule has 0 unspecified atom stereocenters. The number of carbonyl (C=O) groups is 1. The zero-order chi connectivity index (χ0) is 19.5. The van der Waals surface area contributed by atoms with Gasteiger partial charge in [0.05, 0.1) is 28.7 Å². The van der Waals surface area contributed by atoms with Crippen molar-refractivity contribution in [2.24, 2.45) is 4.99 Å². The van der Waals surface area contributed by atoms with Gasteiger partial charge in [-0.05, 0) is 6.07 Å². The van der Waals surface area contributed by atoms with Crippen LogP contribution >= 0.6 is 11.6 Å². The number of benzene rings is 2. The fourth-order valence-electron chi connectivity index (χ4n) is 3.03. The molecule has 0 aliphatic carbocycles. The number of hydrogen-bond acceptors (Lipinski definition) is 4. The fraction of sp³-hybridized carbons (Fsp3) is 0.136. The Kier molecular flexibility index (Phi) is 5.19. The second kappa shape index (κ2) is 7.92. The summed E-state index contributed by atoms with van der Waals surface area (Å²) in [4.78, 5) is 22.9. The van der Waals surface area contributed by atoms with Crippen LogP contribution in [0.1, 0.15) is 21.6 Å². The van der Waals surface area contributed by atoms with Gasteiger partial charge in [0, 0.05) is 24.2 Å². The van der Waals surface area contributed by atoms with Gasteiger partial charge in [-0.15, -0.1) is 0 Å². The minimum absolute atomic E-state index is 0.175. The third-order valence-corrected chi connectivity index (χ3v) is 4.80. The molecular formula is C22H18ClN3O2. The van der Waals surface area contributed by atoms with Crippen molar-refractivity contribution in [3.63, 3.8) is 0 Å². The lowest BCUT2D eigenvalue weighted by molar-refractivity contribution is 0.00552. The average Bonchev–Trinajstić information content (AvgIpc) is 2.70. The molecule has 1 aliphatic rings. The molecule has 2 aromatic carbocycles. The minimum atomic E-state index is -0.467. The van der Waals surface area contributed by atoms with Gasteiger partial charge in [-0.25, -0.2) is 9.98 Å².